The summed E-state index contributed by atoms with van der Waals surface area (Å²) in [6.45, 7) is 0.207. The zero-order chi connectivity index (χ0) is 13.7. The van der Waals surface area contributed by atoms with E-state index in [1.54, 1.807) is 7.05 Å². The maximum absolute atomic E-state index is 11.6. The molecule has 19 heavy (non-hydrogen) atoms. The number of aromatic nitrogens is 1. The van der Waals surface area contributed by atoms with Crippen molar-refractivity contribution < 1.29 is 9.53 Å². The van der Waals surface area contributed by atoms with Crippen LogP contribution in [0.3, 0.4) is 0 Å². The van der Waals surface area contributed by atoms with E-state index in [1.807, 2.05) is 30.3 Å². The number of rotatable bonds is 3. The number of anilines is 1. The Labute approximate surface area is 110 Å². The lowest BCUT2D eigenvalue weighted by molar-refractivity contribution is 0.155. The molecule has 0 aliphatic heterocycles. The highest BCUT2D eigenvalue weighted by molar-refractivity contribution is 5.84. The average Bonchev–Trinajstić information content (AvgIpc) is 2.42. The summed E-state index contributed by atoms with van der Waals surface area (Å²) in [4.78, 5) is 22.7. The van der Waals surface area contributed by atoms with Crippen molar-refractivity contribution in [1.82, 2.24) is 4.57 Å². The van der Waals surface area contributed by atoms with Crippen LogP contribution in [0.2, 0.25) is 0 Å². The van der Waals surface area contributed by atoms with Crippen LogP contribution in [0.1, 0.15) is 5.56 Å². The van der Waals surface area contributed by atoms with Crippen LogP contribution >= 0.6 is 0 Å². The van der Waals surface area contributed by atoms with E-state index in [9.17, 15) is 9.59 Å². The molecule has 0 aliphatic carbocycles. The van der Waals surface area contributed by atoms with Crippen molar-refractivity contribution in [2.75, 3.05) is 5.32 Å². The normalized spacial score (nSPS) is 9.95. The van der Waals surface area contributed by atoms with Gasteiger partial charge in [-0.05, 0) is 11.6 Å². The molecule has 0 aliphatic rings. The minimum absolute atomic E-state index is 0.136. The molecule has 5 heteroatoms. The standard InChI is InChI=1S/C14H14N2O3/c1-16-9-12(7-8-13(16)17)15-14(18)19-10-11-5-3-2-4-6-11/h2-9H,10H2,1H3,(H,15,18). The van der Waals surface area contributed by atoms with Crippen LogP contribution in [0.4, 0.5) is 10.5 Å². The van der Waals surface area contributed by atoms with Gasteiger partial charge in [0.25, 0.3) is 0 Å². The lowest BCUT2D eigenvalue weighted by Crippen LogP contribution is -2.18. The Balaban J connectivity index is 1.91. The molecule has 0 bridgehead atoms. The number of hydrogen-bond acceptors (Lipinski definition) is 3. The molecule has 98 valence electrons. The van der Waals surface area contributed by atoms with Crippen molar-refractivity contribution in [3.8, 4) is 0 Å². The lowest BCUT2D eigenvalue weighted by Gasteiger charge is -2.07. The number of hydrogen-bond donors (Lipinski definition) is 1. The number of carbonyl (C=O) groups is 1. The third kappa shape index (κ3) is 3.70. The molecule has 0 spiro atoms. The first-order chi connectivity index (χ1) is 9.15. The fourth-order valence-electron chi connectivity index (χ4n) is 1.54. The Bertz CT molecular complexity index is 620. The van der Waals surface area contributed by atoms with E-state index in [2.05, 4.69) is 5.32 Å². The lowest BCUT2D eigenvalue weighted by atomic mass is 10.2. The minimum Gasteiger partial charge on any atom is -0.444 e. The second-order valence-corrected chi connectivity index (χ2v) is 4.05. The molecule has 1 amide bonds. The molecule has 2 aromatic rings. The van der Waals surface area contributed by atoms with Gasteiger partial charge in [-0.1, -0.05) is 30.3 Å². The summed E-state index contributed by atoms with van der Waals surface area (Å²) in [5, 5.41) is 2.56. The highest BCUT2D eigenvalue weighted by Crippen LogP contribution is 2.05. The minimum atomic E-state index is -0.553. The van der Waals surface area contributed by atoms with Crippen molar-refractivity contribution in [2.24, 2.45) is 7.05 Å². The number of pyridine rings is 1. The van der Waals surface area contributed by atoms with Crippen LogP contribution in [0.25, 0.3) is 0 Å². The van der Waals surface area contributed by atoms with Crippen molar-refractivity contribution in [1.29, 1.82) is 0 Å². The summed E-state index contributed by atoms with van der Waals surface area (Å²) in [6, 6.07) is 12.3. The van der Waals surface area contributed by atoms with E-state index in [-0.39, 0.29) is 12.2 Å². The van der Waals surface area contributed by atoms with Crippen LogP contribution in [0.5, 0.6) is 0 Å². The Morgan fingerprint density at radius 2 is 1.95 bits per heavy atom. The second-order valence-electron chi connectivity index (χ2n) is 4.05. The molecule has 0 unspecified atom stereocenters. The fourth-order valence-corrected chi connectivity index (χ4v) is 1.54. The molecule has 0 atom stereocenters. The van der Waals surface area contributed by atoms with Crippen LogP contribution in [0, 0.1) is 0 Å². The first-order valence-electron chi connectivity index (χ1n) is 5.79. The first kappa shape index (κ1) is 12.9. The summed E-state index contributed by atoms with van der Waals surface area (Å²) < 4.78 is 6.45. The van der Waals surface area contributed by atoms with Gasteiger partial charge in [0.15, 0.2) is 0 Å². The number of benzene rings is 1. The van der Waals surface area contributed by atoms with E-state index in [0.29, 0.717) is 5.69 Å². The summed E-state index contributed by atoms with van der Waals surface area (Å²) in [5.41, 5.74) is 1.29. The molecule has 2 rings (SSSR count). The topological polar surface area (TPSA) is 60.3 Å². The highest BCUT2D eigenvalue weighted by atomic mass is 16.5. The van der Waals surface area contributed by atoms with Crippen LogP contribution in [-0.2, 0) is 18.4 Å². The Morgan fingerprint density at radius 3 is 2.63 bits per heavy atom. The van der Waals surface area contributed by atoms with Gasteiger partial charge in [0.2, 0.25) is 5.56 Å². The summed E-state index contributed by atoms with van der Waals surface area (Å²) in [6.07, 6.45) is 0.981. The molecule has 0 radical (unpaired) electrons. The molecule has 0 fully saturated rings. The molecular weight excluding hydrogens is 244 g/mol. The zero-order valence-corrected chi connectivity index (χ0v) is 10.5. The van der Waals surface area contributed by atoms with Crippen molar-refractivity contribution in [3.05, 3.63) is 64.6 Å². The Hall–Kier alpha value is -2.56. The smallest absolute Gasteiger partial charge is 0.412 e. The Morgan fingerprint density at radius 1 is 1.21 bits per heavy atom. The highest BCUT2D eigenvalue weighted by Gasteiger charge is 2.04. The average molecular weight is 258 g/mol. The quantitative estimate of drug-likeness (QED) is 0.917. The van der Waals surface area contributed by atoms with E-state index in [4.69, 9.17) is 4.74 Å². The maximum atomic E-state index is 11.6. The molecule has 0 saturated carbocycles. The number of aryl methyl sites for hydroxylation is 1. The van der Waals surface area contributed by atoms with E-state index < -0.39 is 6.09 Å². The number of nitrogens with zero attached hydrogens (tertiary/aromatic N) is 1. The maximum Gasteiger partial charge on any atom is 0.412 e. The predicted molar refractivity (Wildman–Crippen MR) is 71.9 cm³/mol. The van der Waals surface area contributed by atoms with Crippen LogP contribution < -0.4 is 10.9 Å². The summed E-state index contributed by atoms with van der Waals surface area (Å²) >= 11 is 0. The molecule has 0 saturated heterocycles. The molecule has 5 nitrogen and oxygen atoms in total. The van der Waals surface area contributed by atoms with Gasteiger partial charge < -0.3 is 9.30 Å². The van der Waals surface area contributed by atoms with Gasteiger partial charge in [-0.3, -0.25) is 10.1 Å². The SMILES string of the molecule is Cn1cc(NC(=O)OCc2ccccc2)ccc1=O. The second kappa shape index (κ2) is 5.86. The Kier molecular flexibility index (Phi) is 3.97. The van der Waals surface area contributed by atoms with Gasteiger partial charge in [-0.15, -0.1) is 0 Å². The summed E-state index contributed by atoms with van der Waals surface area (Å²) in [7, 11) is 1.61. The third-order valence-corrected chi connectivity index (χ3v) is 2.54. The third-order valence-electron chi connectivity index (χ3n) is 2.54. The first-order valence-corrected chi connectivity index (χ1v) is 5.79. The largest absolute Gasteiger partial charge is 0.444 e. The van der Waals surface area contributed by atoms with Gasteiger partial charge in [-0.25, -0.2) is 4.79 Å². The van der Waals surface area contributed by atoms with Gasteiger partial charge in [0.1, 0.15) is 6.61 Å². The van der Waals surface area contributed by atoms with Crippen LogP contribution in [-0.4, -0.2) is 10.7 Å². The van der Waals surface area contributed by atoms with E-state index >= 15 is 0 Å². The van der Waals surface area contributed by atoms with Gasteiger partial charge in [0.05, 0.1) is 5.69 Å². The molecule has 1 aromatic heterocycles. The summed E-state index contributed by atoms with van der Waals surface area (Å²) in [5.74, 6) is 0. The van der Waals surface area contributed by atoms with E-state index in [1.165, 1.54) is 22.9 Å². The zero-order valence-electron chi connectivity index (χ0n) is 10.5. The number of ether oxygens (including phenoxy) is 1. The van der Waals surface area contributed by atoms with Crippen molar-refractivity contribution in [2.45, 2.75) is 6.61 Å². The molecule has 1 heterocycles. The van der Waals surface area contributed by atoms with Gasteiger partial charge >= 0.3 is 6.09 Å². The predicted octanol–water partition coefficient (Wildman–Crippen LogP) is 2.13. The van der Waals surface area contributed by atoms with Crippen molar-refractivity contribution in [3.63, 3.8) is 0 Å². The van der Waals surface area contributed by atoms with E-state index in [0.717, 1.165) is 5.56 Å². The molecule has 1 N–H and O–H groups in total. The van der Waals surface area contributed by atoms with Crippen LogP contribution in [0.15, 0.2) is 53.5 Å². The fraction of sp³-hybridized carbons (Fsp3) is 0.143. The molecular formula is C14H14N2O3. The van der Waals surface area contributed by atoms with Crippen molar-refractivity contribution >= 4 is 11.8 Å². The molecule has 1 aromatic carbocycles. The number of amides is 1. The number of nitrogens with one attached hydrogen (secondary N) is 1. The monoisotopic (exact) mass is 258 g/mol. The van der Waals surface area contributed by atoms with Gasteiger partial charge in [-0.2, -0.15) is 0 Å². The van der Waals surface area contributed by atoms with Gasteiger partial charge in [0, 0.05) is 19.3 Å². The number of carbonyl (C=O) groups excluding carboxylic acids is 1.